The molecule has 1 amide bonds. The second-order valence-corrected chi connectivity index (χ2v) is 9.17. The predicted octanol–water partition coefficient (Wildman–Crippen LogP) is 2.46. The van der Waals surface area contributed by atoms with Crippen LogP contribution < -0.4 is 5.32 Å². The fraction of sp³-hybridized carbons (Fsp3) is 0.913. The number of aliphatic imine (C=N–C) groups is 1. The molecule has 0 saturated carbocycles. The molecule has 3 fully saturated rings. The maximum atomic E-state index is 12.7. The molecule has 1 unspecified atom stereocenters. The van der Waals surface area contributed by atoms with Crippen LogP contribution in [0.4, 0.5) is 0 Å². The molecule has 0 aromatic carbocycles. The first-order valence-corrected chi connectivity index (χ1v) is 12.4. The van der Waals surface area contributed by atoms with E-state index >= 15 is 0 Å². The van der Waals surface area contributed by atoms with Gasteiger partial charge in [-0.25, -0.2) is 0 Å². The Balaban J connectivity index is 0.00000341. The molecule has 0 spiro atoms. The minimum atomic E-state index is 0. The number of hydrogen-bond acceptors (Lipinski definition) is 4. The van der Waals surface area contributed by atoms with E-state index in [1.54, 1.807) is 0 Å². The van der Waals surface area contributed by atoms with E-state index in [1.165, 1.54) is 58.2 Å². The lowest BCUT2D eigenvalue weighted by molar-refractivity contribution is -0.135. The van der Waals surface area contributed by atoms with Crippen molar-refractivity contribution < 1.29 is 4.79 Å². The van der Waals surface area contributed by atoms with Crippen molar-refractivity contribution in [1.82, 2.24) is 24.9 Å². The Kier molecular flexibility index (Phi) is 12.5. The van der Waals surface area contributed by atoms with Crippen molar-refractivity contribution >= 4 is 35.8 Å². The van der Waals surface area contributed by atoms with E-state index in [9.17, 15) is 4.79 Å². The van der Waals surface area contributed by atoms with Gasteiger partial charge >= 0.3 is 0 Å². The molecule has 3 aliphatic rings. The Hall–Kier alpha value is -0.610. The van der Waals surface area contributed by atoms with Crippen LogP contribution in [0.5, 0.6) is 0 Å². The molecule has 31 heavy (non-hydrogen) atoms. The van der Waals surface area contributed by atoms with E-state index in [4.69, 9.17) is 0 Å². The van der Waals surface area contributed by atoms with Crippen LogP contribution in [0.1, 0.15) is 58.3 Å². The molecule has 7 nitrogen and oxygen atoms in total. The van der Waals surface area contributed by atoms with Gasteiger partial charge in [-0.15, -0.1) is 24.0 Å². The van der Waals surface area contributed by atoms with Crippen LogP contribution in [0.2, 0.25) is 0 Å². The molecular weight excluding hydrogens is 503 g/mol. The summed E-state index contributed by atoms with van der Waals surface area (Å²) < 4.78 is 0. The normalized spacial score (nSPS) is 22.3. The van der Waals surface area contributed by atoms with Gasteiger partial charge < -0.3 is 20.0 Å². The maximum Gasteiger partial charge on any atom is 0.239 e. The zero-order chi connectivity index (χ0) is 21.2. The number of carbonyl (C=O) groups excluding carboxylic acids is 1. The Labute approximate surface area is 207 Å². The van der Waals surface area contributed by atoms with Crippen LogP contribution >= 0.6 is 24.0 Å². The third-order valence-electron chi connectivity index (χ3n) is 7.03. The van der Waals surface area contributed by atoms with Crippen molar-refractivity contribution in [2.45, 2.75) is 64.3 Å². The third kappa shape index (κ3) is 8.35. The summed E-state index contributed by atoms with van der Waals surface area (Å²) >= 11 is 0. The average Bonchev–Trinajstić information content (AvgIpc) is 3.33. The van der Waals surface area contributed by atoms with E-state index in [0.29, 0.717) is 5.91 Å². The second-order valence-electron chi connectivity index (χ2n) is 9.17. The van der Waals surface area contributed by atoms with E-state index in [0.717, 1.165) is 64.6 Å². The first kappa shape index (κ1) is 26.6. The van der Waals surface area contributed by atoms with Gasteiger partial charge in [0.2, 0.25) is 5.91 Å². The highest BCUT2D eigenvalue weighted by Crippen LogP contribution is 2.14. The molecule has 1 N–H and O–H groups in total. The summed E-state index contributed by atoms with van der Waals surface area (Å²) in [6.45, 7) is 12.6. The van der Waals surface area contributed by atoms with E-state index in [1.807, 2.05) is 11.9 Å². The highest BCUT2D eigenvalue weighted by Gasteiger charge is 2.30. The fourth-order valence-corrected chi connectivity index (χ4v) is 5.03. The summed E-state index contributed by atoms with van der Waals surface area (Å²) in [6, 6.07) is 0.000119. The molecule has 0 aromatic rings. The lowest BCUT2D eigenvalue weighted by Crippen LogP contribution is -2.57. The van der Waals surface area contributed by atoms with Gasteiger partial charge in [0.15, 0.2) is 5.96 Å². The van der Waals surface area contributed by atoms with E-state index in [-0.39, 0.29) is 30.0 Å². The van der Waals surface area contributed by atoms with Gasteiger partial charge in [0.05, 0.1) is 6.04 Å². The number of nitrogens with zero attached hydrogens (tertiary/aromatic N) is 5. The van der Waals surface area contributed by atoms with E-state index < -0.39 is 0 Å². The first-order valence-electron chi connectivity index (χ1n) is 12.4. The predicted molar refractivity (Wildman–Crippen MR) is 139 cm³/mol. The van der Waals surface area contributed by atoms with Crippen molar-refractivity contribution in [3.05, 3.63) is 0 Å². The summed E-state index contributed by atoms with van der Waals surface area (Å²) in [7, 11) is 1.88. The summed E-state index contributed by atoms with van der Waals surface area (Å²) in [4.78, 5) is 26.5. The molecule has 0 radical (unpaired) electrons. The summed E-state index contributed by atoms with van der Waals surface area (Å²) in [5.41, 5.74) is 0. The molecular formula is C23H45IN6O. The van der Waals surface area contributed by atoms with Gasteiger partial charge in [0.25, 0.3) is 0 Å². The monoisotopic (exact) mass is 548 g/mol. The van der Waals surface area contributed by atoms with Crippen LogP contribution in [0, 0.1) is 0 Å². The smallest absolute Gasteiger partial charge is 0.239 e. The zero-order valence-electron chi connectivity index (χ0n) is 19.9. The van der Waals surface area contributed by atoms with Crippen LogP contribution in [0.3, 0.4) is 0 Å². The quantitative estimate of drug-likeness (QED) is 0.219. The minimum Gasteiger partial charge on any atom is -0.356 e. The SMILES string of the molecule is CN=C(NCCCCCN1CCCCC1)N1CCN(C(C)C(=O)N2CCCC2)CC1.I. The number of carbonyl (C=O) groups is 1. The lowest BCUT2D eigenvalue weighted by atomic mass is 10.1. The van der Waals surface area contributed by atoms with Crippen LogP contribution in [0.15, 0.2) is 4.99 Å². The van der Waals surface area contributed by atoms with Crippen LogP contribution in [-0.4, -0.2) is 110 Å². The standard InChI is InChI=1S/C23H44N6O.HI/c1-21(22(30)28-15-9-10-16-28)27-17-19-29(20-18-27)23(24-2)25-11-5-3-6-12-26-13-7-4-8-14-26;/h21H,3-20H2,1-2H3,(H,24,25);1H. The minimum absolute atomic E-state index is 0. The number of nitrogens with one attached hydrogen (secondary N) is 1. The van der Waals surface area contributed by atoms with Crippen LogP contribution in [-0.2, 0) is 4.79 Å². The molecule has 180 valence electrons. The number of hydrogen-bond donors (Lipinski definition) is 1. The van der Waals surface area contributed by atoms with Crippen molar-refractivity contribution in [3.8, 4) is 0 Å². The number of piperidine rings is 1. The van der Waals surface area contributed by atoms with Crippen molar-refractivity contribution in [2.24, 2.45) is 4.99 Å². The third-order valence-corrected chi connectivity index (χ3v) is 7.03. The highest BCUT2D eigenvalue weighted by molar-refractivity contribution is 14.0. The Morgan fingerprint density at radius 3 is 2.13 bits per heavy atom. The van der Waals surface area contributed by atoms with Gasteiger partial charge in [-0.05, 0) is 65.1 Å². The number of halogens is 1. The molecule has 8 heteroatoms. The number of guanidine groups is 1. The van der Waals surface area contributed by atoms with Crippen molar-refractivity contribution in [3.63, 3.8) is 0 Å². The number of likely N-dealkylation sites (tertiary alicyclic amines) is 2. The molecule has 3 aliphatic heterocycles. The Morgan fingerprint density at radius 2 is 1.48 bits per heavy atom. The van der Waals surface area contributed by atoms with Gasteiger partial charge in [-0.2, -0.15) is 0 Å². The molecule has 0 aliphatic carbocycles. The average molecular weight is 549 g/mol. The molecule has 1 atom stereocenters. The van der Waals surface area contributed by atoms with Gasteiger partial charge in [-0.3, -0.25) is 14.7 Å². The Morgan fingerprint density at radius 1 is 0.839 bits per heavy atom. The lowest BCUT2D eigenvalue weighted by Gasteiger charge is -2.39. The molecule has 0 aromatic heterocycles. The fourth-order valence-electron chi connectivity index (χ4n) is 5.03. The molecule has 3 rings (SSSR count). The van der Waals surface area contributed by atoms with Gasteiger partial charge in [-0.1, -0.05) is 12.8 Å². The molecule has 3 heterocycles. The van der Waals surface area contributed by atoms with Crippen LogP contribution in [0.25, 0.3) is 0 Å². The zero-order valence-corrected chi connectivity index (χ0v) is 22.2. The number of piperazine rings is 1. The number of rotatable bonds is 8. The number of amides is 1. The van der Waals surface area contributed by atoms with Crippen molar-refractivity contribution in [2.75, 3.05) is 72.5 Å². The largest absolute Gasteiger partial charge is 0.356 e. The summed E-state index contributed by atoms with van der Waals surface area (Å²) in [5, 5.41) is 3.56. The molecule has 3 saturated heterocycles. The topological polar surface area (TPSA) is 54.4 Å². The summed E-state index contributed by atoms with van der Waals surface area (Å²) in [5.74, 6) is 1.33. The van der Waals surface area contributed by atoms with Crippen molar-refractivity contribution in [1.29, 1.82) is 0 Å². The van der Waals surface area contributed by atoms with Gasteiger partial charge in [0.1, 0.15) is 0 Å². The van der Waals surface area contributed by atoms with Gasteiger partial charge in [0, 0.05) is 52.9 Å². The summed E-state index contributed by atoms with van der Waals surface area (Å²) in [6.07, 6.45) is 10.3. The highest BCUT2D eigenvalue weighted by atomic mass is 127. The molecule has 0 bridgehead atoms. The Bertz CT molecular complexity index is 540. The van der Waals surface area contributed by atoms with E-state index in [2.05, 4.69) is 31.9 Å². The number of unbranched alkanes of at least 4 members (excludes halogenated alkanes) is 2. The maximum absolute atomic E-state index is 12.7. The first-order chi connectivity index (χ1) is 14.7. The second kappa shape index (κ2) is 14.5.